The van der Waals surface area contributed by atoms with Crippen LogP contribution in [-0.2, 0) is 16.1 Å². The zero-order valence-corrected chi connectivity index (χ0v) is 14.4. The lowest BCUT2D eigenvalue weighted by atomic mass is 9.94. The third kappa shape index (κ3) is 4.15. The maximum atomic E-state index is 12.4. The molecular weight excluding hydrogens is 304 g/mol. The lowest BCUT2D eigenvalue weighted by molar-refractivity contribution is -0.126. The summed E-state index contributed by atoms with van der Waals surface area (Å²) in [6, 6.07) is 8.25. The van der Waals surface area contributed by atoms with Crippen LogP contribution in [0, 0.1) is 12.8 Å². The average Bonchev–Trinajstić information content (AvgIpc) is 3.00. The fraction of sp³-hybridized carbons (Fsp3) is 0.632. The van der Waals surface area contributed by atoms with E-state index < -0.39 is 0 Å². The van der Waals surface area contributed by atoms with Crippen LogP contribution in [0.1, 0.15) is 30.4 Å². The number of amides is 1. The fourth-order valence-corrected chi connectivity index (χ4v) is 3.91. The Morgan fingerprint density at radius 2 is 2.21 bits per heavy atom. The highest BCUT2D eigenvalue weighted by Crippen LogP contribution is 2.32. The summed E-state index contributed by atoms with van der Waals surface area (Å²) in [5.41, 5.74) is 2.34. The van der Waals surface area contributed by atoms with Crippen molar-refractivity contribution in [1.82, 2.24) is 10.2 Å². The van der Waals surface area contributed by atoms with Crippen LogP contribution in [0.2, 0.25) is 0 Å². The Morgan fingerprint density at radius 3 is 2.96 bits per heavy atom. The molecule has 1 heterocycles. The Balaban J connectivity index is 1.54. The zero-order valence-electron chi connectivity index (χ0n) is 14.4. The SMILES string of the molecule is Cc1ccccc1CNC(=O)CN1CCOC[C@@H]1[C@H]1CCC[C@H]1O. The largest absolute Gasteiger partial charge is 0.393 e. The predicted octanol–water partition coefficient (Wildman–Crippen LogP) is 1.47. The first-order valence-corrected chi connectivity index (χ1v) is 8.96. The number of nitrogens with zero attached hydrogens (tertiary/aromatic N) is 1. The van der Waals surface area contributed by atoms with E-state index in [1.807, 2.05) is 18.2 Å². The maximum absolute atomic E-state index is 12.4. The van der Waals surface area contributed by atoms with Gasteiger partial charge in [0.25, 0.3) is 0 Å². The molecule has 3 atom stereocenters. The molecule has 0 bridgehead atoms. The number of aliphatic hydroxyl groups is 1. The normalized spacial score (nSPS) is 28.0. The van der Waals surface area contributed by atoms with Gasteiger partial charge in [0.15, 0.2) is 0 Å². The molecule has 3 rings (SSSR count). The highest BCUT2D eigenvalue weighted by Gasteiger charge is 2.38. The van der Waals surface area contributed by atoms with Gasteiger partial charge in [-0.1, -0.05) is 30.7 Å². The number of hydrogen-bond donors (Lipinski definition) is 2. The first-order chi connectivity index (χ1) is 11.6. The highest BCUT2D eigenvalue weighted by atomic mass is 16.5. The van der Waals surface area contributed by atoms with Crippen molar-refractivity contribution in [3.05, 3.63) is 35.4 Å². The molecule has 1 saturated heterocycles. The van der Waals surface area contributed by atoms with Crippen LogP contribution in [0.5, 0.6) is 0 Å². The molecule has 0 spiro atoms. The average molecular weight is 332 g/mol. The van der Waals surface area contributed by atoms with Crippen molar-refractivity contribution in [3.63, 3.8) is 0 Å². The molecule has 2 aliphatic rings. The van der Waals surface area contributed by atoms with Gasteiger partial charge in [-0.3, -0.25) is 9.69 Å². The van der Waals surface area contributed by atoms with Crippen LogP contribution in [0.15, 0.2) is 24.3 Å². The molecule has 5 nitrogen and oxygen atoms in total. The van der Waals surface area contributed by atoms with Crippen LogP contribution in [0.3, 0.4) is 0 Å². The van der Waals surface area contributed by atoms with Gasteiger partial charge in [0, 0.05) is 25.0 Å². The number of rotatable bonds is 5. The second kappa shape index (κ2) is 8.10. The number of ether oxygens (including phenoxy) is 1. The summed E-state index contributed by atoms with van der Waals surface area (Å²) < 4.78 is 5.62. The minimum absolute atomic E-state index is 0.0395. The minimum atomic E-state index is -0.255. The number of benzene rings is 1. The van der Waals surface area contributed by atoms with Crippen molar-refractivity contribution in [2.75, 3.05) is 26.3 Å². The molecule has 1 saturated carbocycles. The molecular formula is C19H28N2O3. The number of carbonyl (C=O) groups is 1. The quantitative estimate of drug-likeness (QED) is 0.857. The summed E-state index contributed by atoms with van der Waals surface area (Å²) in [5, 5.41) is 13.2. The lowest BCUT2D eigenvalue weighted by Crippen LogP contribution is -2.53. The molecule has 0 radical (unpaired) electrons. The maximum Gasteiger partial charge on any atom is 0.234 e. The number of morpholine rings is 1. The van der Waals surface area contributed by atoms with Gasteiger partial charge in [-0.15, -0.1) is 0 Å². The molecule has 1 aromatic carbocycles. The third-order valence-corrected chi connectivity index (χ3v) is 5.39. The summed E-state index contributed by atoms with van der Waals surface area (Å²) in [7, 11) is 0. The molecule has 0 unspecified atom stereocenters. The van der Waals surface area contributed by atoms with Gasteiger partial charge in [-0.2, -0.15) is 0 Å². The number of carbonyl (C=O) groups excluding carboxylic acids is 1. The smallest absolute Gasteiger partial charge is 0.234 e. The van der Waals surface area contributed by atoms with Crippen LogP contribution >= 0.6 is 0 Å². The summed E-state index contributed by atoms with van der Waals surface area (Å²) in [6.07, 6.45) is 2.70. The molecule has 1 aromatic rings. The van der Waals surface area contributed by atoms with Crippen molar-refractivity contribution >= 4 is 5.91 Å². The van der Waals surface area contributed by atoms with Gasteiger partial charge < -0.3 is 15.2 Å². The summed E-state index contributed by atoms with van der Waals surface area (Å²) in [4.78, 5) is 14.6. The molecule has 0 aromatic heterocycles. The molecule has 2 N–H and O–H groups in total. The van der Waals surface area contributed by atoms with Crippen molar-refractivity contribution < 1.29 is 14.6 Å². The number of aryl methyl sites for hydroxylation is 1. The van der Waals surface area contributed by atoms with Gasteiger partial charge in [0.05, 0.1) is 25.9 Å². The van der Waals surface area contributed by atoms with E-state index in [2.05, 4.69) is 23.2 Å². The molecule has 1 aliphatic heterocycles. The fourth-order valence-electron chi connectivity index (χ4n) is 3.91. The van der Waals surface area contributed by atoms with Crippen molar-refractivity contribution in [2.24, 2.45) is 5.92 Å². The number of aliphatic hydroxyl groups excluding tert-OH is 1. The first-order valence-electron chi connectivity index (χ1n) is 8.96. The van der Waals surface area contributed by atoms with Gasteiger partial charge in [0.1, 0.15) is 0 Å². The number of nitrogens with one attached hydrogen (secondary N) is 1. The Kier molecular flexibility index (Phi) is 5.87. The van der Waals surface area contributed by atoms with E-state index in [1.54, 1.807) is 0 Å². The van der Waals surface area contributed by atoms with Crippen molar-refractivity contribution in [3.8, 4) is 0 Å². The van der Waals surface area contributed by atoms with Gasteiger partial charge in [-0.25, -0.2) is 0 Å². The molecule has 1 aliphatic carbocycles. The topological polar surface area (TPSA) is 61.8 Å². The van der Waals surface area contributed by atoms with E-state index in [9.17, 15) is 9.90 Å². The van der Waals surface area contributed by atoms with Crippen molar-refractivity contribution in [1.29, 1.82) is 0 Å². The monoisotopic (exact) mass is 332 g/mol. The Bertz CT molecular complexity index is 563. The lowest BCUT2D eigenvalue weighted by Gasteiger charge is -2.39. The van der Waals surface area contributed by atoms with E-state index in [0.717, 1.165) is 31.4 Å². The number of hydrogen-bond acceptors (Lipinski definition) is 4. The minimum Gasteiger partial charge on any atom is -0.393 e. The van der Waals surface area contributed by atoms with E-state index in [0.29, 0.717) is 26.3 Å². The highest BCUT2D eigenvalue weighted by molar-refractivity contribution is 5.78. The van der Waals surface area contributed by atoms with Gasteiger partial charge in [0.2, 0.25) is 5.91 Å². The molecule has 1 amide bonds. The second-order valence-electron chi connectivity index (χ2n) is 6.98. The third-order valence-electron chi connectivity index (χ3n) is 5.39. The second-order valence-corrected chi connectivity index (χ2v) is 6.98. The molecule has 5 heteroatoms. The Morgan fingerprint density at radius 1 is 1.38 bits per heavy atom. The van der Waals surface area contributed by atoms with Crippen LogP contribution < -0.4 is 5.32 Å². The summed E-state index contributed by atoms with van der Waals surface area (Å²) >= 11 is 0. The van der Waals surface area contributed by atoms with Crippen LogP contribution in [-0.4, -0.2) is 54.4 Å². The van der Waals surface area contributed by atoms with Crippen molar-refractivity contribution in [2.45, 2.75) is 44.9 Å². The van der Waals surface area contributed by atoms with E-state index in [-0.39, 0.29) is 24.0 Å². The van der Waals surface area contributed by atoms with Crippen LogP contribution in [0.25, 0.3) is 0 Å². The van der Waals surface area contributed by atoms with E-state index in [1.165, 1.54) is 5.56 Å². The van der Waals surface area contributed by atoms with E-state index >= 15 is 0 Å². The van der Waals surface area contributed by atoms with Crippen LogP contribution in [0.4, 0.5) is 0 Å². The Labute approximate surface area is 144 Å². The summed E-state index contributed by atoms with van der Waals surface area (Å²) in [5.74, 6) is 0.270. The van der Waals surface area contributed by atoms with Gasteiger partial charge >= 0.3 is 0 Å². The first kappa shape index (κ1) is 17.4. The molecule has 132 valence electrons. The Hall–Kier alpha value is -1.43. The molecule has 2 fully saturated rings. The zero-order chi connectivity index (χ0) is 16.9. The van der Waals surface area contributed by atoms with E-state index in [4.69, 9.17) is 4.74 Å². The predicted molar refractivity (Wildman–Crippen MR) is 92.6 cm³/mol. The standard InChI is InChI=1S/C19H28N2O3/c1-14-5-2-3-6-15(14)11-20-19(23)12-21-9-10-24-13-17(21)16-7-4-8-18(16)22/h2-3,5-6,16-18,22H,4,7-13H2,1H3,(H,20,23)/t16-,17-,18-/m1/s1. The molecule has 24 heavy (non-hydrogen) atoms. The van der Waals surface area contributed by atoms with Gasteiger partial charge in [-0.05, 0) is 30.9 Å². The summed E-state index contributed by atoms with van der Waals surface area (Å²) in [6.45, 7) is 5.03.